The van der Waals surface area contributed by atoms with E-state index in [4.69, 9.17) is 9.05 Å². The molecule has 0 rings (SSSR count). The molecular formula is C50H100N2O6P+. The molecule has 0 spiro atoms. The summed E-state index contributed by atoms with van der Waals surface area (Å²) in [5.74, 6) is -0.150. The Bertz CT molecular complexity index is 1020. The van der Waals surface area contributed by atoms with E-state index in [0.717, 1.165) is 51.4 Å². The van der Waals surface area contributed by atoms with Gasteiger partial charge < -0.3 is 19.8 Å². The molecule has 0 saturated heterocycles. The second-order valence-corrected chi connectivity index (χ2v) is 20.0. The summed E-state index contributed by atoms with van der Waals surface area (Å²) < 4.78 is 23.7. The lowest BCUT2D eigenvalue weighted by molar-refractivity contribution is -0.870. The van der Waals surface area contributed by atoms with Crippen molar-refractivity contribution < 1.29 is 32.9 Å². The van der Waals surface area contributed by atoms with Crippen molar-refractivity contribution in [3.63, 3.8) is 0 Å². The van der Waals surface area contributed by atoms with E-state index >= 15 is 0 Å². The molecule has 0 aromatic heterocycles. The van der Waals surface area contributed by atoms with Crippen molar-refractivity contribution in [1.82, 2.24) is 5.32 Å². The number of carbonyl (C=O) groups excluding carboxylic acids is 1. The van der Waals surface area contributed by atoms with Crippen LogP contribution in [0.1, 0.15) is 239 Å². The molecule has 3 N–H and O–H groups in total. The Morgan fingerprint density at radius 3 is 1.42 bits per heavy atom. The zero-order valence-corrected chi connectivity index (χ0v) is 40.7. The Labute approximate surface area is 366 Å². The van der Waals surface area contributed by atoms with Crippen LogP contribution < -0.4 is 5.32 Å². The van der Waals surface area contributed by atoms with Gasteiger partial charge in [0.2, 0.25) is 5.91 Å². The van der Waals surface area contributed by atoms with Crippen LogP contribution in [0.3, 0.4) is 0 Å². The fourth-order valence-electron chi connectivity index (χ4n) is 7.43. The first-order valence-corrected chi connectivity index (χ1v) is 26.7. The van der Waals surface area contributed by atoms with Crippen LogP contribution in [0, 0.1) is 0 Å². The molecule has 0 heterocycles. The number of rotatable bonds is 46. The quantitative estimate of drug-likeness (QED) is 0.0244. The van der Waals surface area contributed by atoms with Gasteiger partial charge in [-0.3, -0.25) is 13.8 Å². The fourth-order valence-corrected chi connectivity index (χ4v) is 8.17. The zero-order chi connectivity index (χ0) is 43.6. The van der Waals surface area contributed by atoms with Crippen LogP contribution in [-0.2, 0) is 18.4 Å². The van der Waals surface area contributed by atoms with Gasteiger partial charge in [0.15, 0.2) is 0 Å². The van der Waals surface area contributed by atoms with Gasteiger partial charge >= 0.3 is 7.82 Å². The highest BCUT2D eigenvalue weighted by Gasteiger charge is 2.28. The van der Waals surface area contributed by atoms with Gasteiger partial charge in [-0.1, -0.05) is 212 Å². The van der Waals surface area contributed by atoms with E-state index in [1.165, 1.54) is 161 Å². The SMILES string of the molecule is CCCCC/C=C\C/C=C\CCCCCCCCCC(=O)NC(COP(=O)(O)OCC[N+](C)(C)C)C(O)CCCCCCCCCCCCCCCCCCCCCC. The molecule has 59 heavy (non-hydrogen) atoms. The van der Waals surface area contributed by atoms with Crippen molar-refractivity contribution in [2.75, 3.05) is 40.9 Å². The van der Waals surface area contributed by atoms with E-state index in [9.17, 15) is 19.4 Å². The van der Waals surface area contributed by atoms with E-state index in [1.807, 2.05) is 21.1 Å². The first kappa shape index (κ1) is 58.0. The number of hydrogen-bond acceptors (Lipinski definition) is 5. The van der Waals surface area contributed by atoms with E-state index < -0.39 is 20.0 Å². The number of aliphatic hydroxyl groups excluding tert-OH is 1. The number of hydrogen-bond donors (Lipinski definition) is 3. The number of phosphoric ester groups is 1. The molecule has 0 radical (unpaired) electrons. The molecule has 0 aliphatic rings. The number of nitrogens with one attached hydrogen (secondary N) is 1. The summed E-state index contributed by atoms with van der Waals surface area (Å²) in [6.45, 7) is 4.88. The van der Waals surface area contributed by atoms with E-state index in [0.29, 0.717) is 23.9 Å². The normalized spacial score (nSPS) is 14.4. The zero-order valence-electron chi connectivity index (χ0n) is 39.8. The number of likely N-dealkylation sites (N-methyl/N-ethyl adjacent to an activating group) is 1. The summed E-state index contributed by atoms with van der Waals surface area (Å²) in [7, 11) is 1.61. The average Bonchev–Trinajstić information content (AvgIpc) is 3.19. The molecule has 0 aromatic carbocycles. The summed E-state index contributed by atoms with van der Waals surface area (Å²) in [6, 6.07) is -0.763. The summed E-state index contributed by atoms with van der Waals surface area (Å²) >= 11 is 0. The van der Waals surface area contributed by atoms with Crippen LogP contribution in [-0.4, -0.2) is 73.4 Å². The molecule has 0 bridgehead atoms. The largest absolute Gasteiger partial charge is 0.472 e. The highest BCUT2D eigenvalue weighted by molar-refractivity contribution is 7.47. The van der Waals surface area contributed by atoms with Gasteiger partial charge in [0.1, 0.15) is 13.2 Å². The molecule has 3 atom stereocenters. The number of unbranched alkanes of at least 4 members (excludes halogenated alkanes) is 29. The van der Waals surface area contributed by atoms with Crippen LogP contribution in [0.2, 0.25) is 0 Å². The second-order valence-electron chi connectivity index (χ2n) is 18.5. The maximum absolute atomic E-state index is 12.9. The molecule has 0 fully saturated rings. The smallest absolute Gasteiger partial charge is 0.391 e. The molecule has 9 heteroatoms. The lowest BCUT2D eigenvalue weighted by atomic mass is 10.0. The standard InChI is InChI=1S/C50H99N2O6P/c1-6-8-10-12-14-16-18-20-22-24-25-26-28-29-31-33-35-37-39-41-43-49(53)48(47-58-59(55,56)57-46-45-52(3,4)5)51-50(54)44-42-40-38-36-34-32-30-27-23-21-19-17-15-13-11-9-7-2/h15,17,21,23,48-49,53H,6-14,16,18-20,22,24-47H2,1-5H3,(H-,51,54,55,56)/p+1/b17-15-,23-21-. The molecular weight excluding hydrogens is 756 g/mol. The average molecular weight is 856 g/mol. The van der Waals surface area contributed by atoms with E-state index in [1.54, 1.807) is 0 Å². The molecule has 0 aromatic rings. The van der Waals surface area contributed by atoms with Crippen molar-refractivity contribution in [3.05, 3.63) is 24.3 Å². The number of aliphatic hydroxyl groups is 1. The Kier molecular flexibility index (Phi) is 41.6. The van der Waals surface area contributed by atoms with Gasteiger partial charge in [-0.15, -0.1) is 0 Å². The first-order valence-electron chi connectivity index (χ1n) is 25.2. The summed E-state index contributed by atoms with van der Waals surface area (Å²) in [4.78, 5) is 23.2. The van der Waals surface area contributed by atoms with Gasteiger partial charge in [0, 0.05) is 6.42 Å². The highest BCUT2D eigenvalue weighted by atomic mass is 31.2. The van der Waals surface area contributed by atoms with Gasteiger partial charge in [0.25, 0.3) is 0 Å². The van der Waals surface area contributed by atoms with E-state index in [-0.39, 0.29) is 19.1 Å². The van der Waals surface area contributed by atoms with Gasteiger partial charge in [-0.25, -0.2) is 4.57 Å². The second kappa shape index (κ2) is 42.3. The maximum Gasteiger partial charge on any atom is 0.472 e. The highest BCUT2D eigenvalue weighted by Crippen LogP contribution is 2.43. The Hall–Kier alpha value is -1.02. The van der Waals surface area contributed by atoms with Gasteiger partial charge in [-0.2, -0.15) is 0 Å². The topological polar surface area (TPSA) is 105 Å². The third kappa shape index (κ3) is 44.8. The monoisotopic (exact) mass is 856 g/mol. The molecule has 0 aliphatic carbocycles. The van der Waals surface area contributed by atoms with Crippen LogP contribution in [0.4, 0.5) is 0 Å². The van der Waals surface area contributed by atoms with Crippen molar-refractivity contribution in [2.45, 2.75) is 251 Å². The van der Waals surface area contributed by atoms with Crippen molar-refractivity contribution >= 4 is 13.7 Å². The Morgan fingerprint density at radius 2 is 0.966 bits per heavy atom. The number of amides is 1. The number of nitrogens with zero attached hydrogens (tertiary/aromatic N) is 1. The molecule has 0 aliphatic heterocycles. The summed E-state index contributed by atoms with van der Waals surface area (Å²) in [5.41, 5.74) is 0. The van der Waals surface area contributed by atoms with Gasteiger partial charge in [0.05, 0.1) is 39.9 Å². The number of allylic oxidation sites excluding steroid dienone is 4. The van der Waals surface area contributed by atoms with Crippen LogP contribution in [0.25, 0.3) is 0 Å². The van der Waals surface area contributed by atoms with Crippen LogP contribution >= 0.6 is 7.82 Å². The number of quaternary nitrogens is 1. The minimum atomic E-state index is -4.32. The van der Waals surface area contributed by atoms with Gasteiger partial charge in [-0.05, 0) is 44.9 Å². The molecule has 1 amide bonds. The molecule has 8 nitrogen and oxygen atoms in total. The predicted molar refractivity (Wildman–Crippen MR) is 254 cm³/mol. The Balaban J connectivity index is 4.27. The molecule has 0 saturated carbocycles. The van der Waals surface area contributed by atoms with Crippen molar-refractivity contribution in [3.8, 4) is 0 Å². The van der Waals surface area contributed by atoms with Crippen molar-refractivity contribution in [2.24, 2.45) is 0 Å². The van der Waals surface area contributed by atoms with E-state index in [2.05, 4.69) is 43.5 Å². The lowest BCUT2D eigenvalue weighted by Crippen LogP contribution is -2.46. The molecule has 350 valence electrons. The lowest BCUT2D eigenvalue weighted by Gasteiger charge is -2.26. The first-order chi connectivity index (χ1) is 28.5. The maximum atomic E-state index is 12.9. The van der Waals surface area contributed by atoms with Crippen LogP contribution in [0.15, 0.2) is 24.3 Å². The Morgan fingerprint density at radius 1 is 0.576 bits per heavy atom. The third-order valence-corrected chi connectivity index (χ3v) is 12.4. The minimum absolute atomic E-state index is 0.0738. The van der Waals surface area contributed by atoms with Crippen LogP contribution in [0.5, 0.6) is 0 Å². The number of phosphoric acid groups is 1. The summed E-state index contributed by atoms with van der Waals surface area (Å²) in [6.07, 6.45) is 50.6. The summed E-state index contributed by atoms with van der Waals surface area (Å²) in [5, 5.41) is 14.0. The molecule has 3 unspecified atom stereocenters. The fraction of sp³-hybridized carbons (Fsp3) is 0.900. The van der Waals surface area contributed by atoms with Crippen molar-refractivity contribution in [1.29, 1.82) is 0 Å². The minimum Gasteiger partial charge on any atom is -0.391 e. The number of carbonyl (C=O) groups is 1. The third-order valence-electron chi connectivity index (χ3n) is 11.5. The predicted octanol–water partition coefficient (Wildman–Crippen LogP) is 14.5.